The average molecular weight is 447 g/mol. The number of nitrogens with zero attached hydrogens (tertiary/aromatic N) is 1. The second kappa shape index (κ2) is 7.80. The molecule has 2 aromatic rings. The van der Waals surface area contributed by atoms with Gasteiger partial charge in [-0.1, -0.05) is 6.07 Å². The van der Waals surface area contributed by atoms with Crippen molar-refractivity contribution in [2.24, 2.45) is 0 Å². The first-order valence-corrected chi connectivity index (χ1v) is 13.9. The highest BCUT2D eigenvalue weighted by Crippen LogP contribution is 2.34. The Morgan fingerprint density at radius 1 is 1.21 bits per heavy atom. The molecule has 1 aliphatic heterocycles. The van der Waals surface area contributed by atoms with Crippen molar-refractivity contribution in [1.82, 2.24) is 4.57 Å². The van der Waals surface area contributed by atoms with E-state index in [-0.39, 0.29) is 17.5 Å². The molecule has 29 heavy (non-hydrogen) atoms. The molecule has 9 heteroatoms. The molecule has 1 fully saturated rings. The summed E-state index contributed by atoms with van der Waals surface area (Å²) in [5.41, 5.74) is 1.50. The minimum absolute atomic E-state index is 0.0244. The average Bonchev–Trinajstić information content (AvgIpc) is 2.91. The first kappa shape index (κ1) is 21.9. The Morgan fingerprint density at radius 3 is 2.45 bits per heavy atom. The van der Waals surface area contributed by atoms with Crippen LogP contribution in [0.15, 0.2) is 24.3 Å². The predicted octanol–water partition coefficient (Wildman–Crippen LogP) is 4.20. The largest absolute Gasteiger partial charge is 0.406 e. The van der Waals surface area contributed by atoms with Crippen LogP contribution in [0.4, 0.5) is 18.9 Å². The molecule has 0 radical (unpaired) electrons. The van der Waals surface area contributed by atoms with E-state index in [1.807, 2.05) is 24.8 Å². The summed E-state index contributed by atoms with van der Waals surface area (Å²) in [6.45, 7) is -1.11. The van der Waals surface area contributed by atoms with E-state index in [2.05, 4.69) is 16.5 Å². The number of anilines is 1. The Hall–Kier alpha value is -1.79. The third-order valence-corrected chi connectivity index (χ3v) is 7.11. The molecule has 0 atom stereocenters. The molecule has 1 aromatic heterocycles. The summed E-state index contributed by atoms with van der Waals surface area (Å²) >= 11 is 0. The number of hydrogen-bond donors (Lipinski definition) is 1. The highest BCUT2D eigenvalue weighted by Gasteiger charge is 2.30. The van der Waals surface area contributed by atoms with Crippen molar-refractivity contribution < 1.29 is 21.6 Å². The van der Waals surface area contributed by atoms with Crippen molar-refractivity contribution in [3.8, 4) is 11.2 Å². The molecule has 0 saturated carbocycles. The Morgan fingerprint density at radius 2 is 1.86 bits per heavy atom. The summed E-state index contributed by atoms with van der Waals surface area (Å²) < 4.78 is 64.1. The lowest BCUT2D eigenvalue weighted by Crippen LogP contribution is -2.32. The van der Waals surface area contributed by atoms with Gasteiger partial charge in [0.1, 0.15) is 16.4 Å². The van der Waals surface area contributed by atoms with Crippen molar-refractivity contribution in [2.75, 3.05) is 35.6 Å². The smallest absolute Gasteiger partial charge is 0.382 e. The van der Waals surface area contributed by atoms with E-state index in [4.69, 9.17) is 0 Å². The molecule has 0 unspecified atom stereocenters. The van der Waals surface area contributed by atoms with Crippen LogP contribution in [0.3, 0.4) is 0 Å². The second-order valence-corrected chi connectivity index (χ2v) is 14.3. The van der Waals surface area contributed by atoms with E-state index in [1.165, 1.54) is 4.57 Å². The summed E-state index contributed by atoms with van der Waals surface area (Å²) in [7, 11) is -4.17. The minimum atomic E-state index is -4.36. The van der Waals surface area contributed by atoms with Crippen LogP contribution in [0.1, 0.15) is 18.5 Å². The van der Waals surface area contributed by atoms with Gasteiger partial charge < -0.3 is 9.88 Å². The summed E-state index contributed by atoms with van der Waals surface area (Å²) in [6, 6.07) is 6.86. The van der Waals surface area contributed by atoms with Gasteiger partial charge in [-0.3, -0.25) is 0 Å². The molecule has 4 nitrogen and oxygen atoms in total. The lowest BCUT2D eigenvalue weighted by atomic mass is 10.1. The Labute approximate surface area is 171 Å². The summed E-state index contributed by atoms with van der Waals surface area (Å²) in [5, 5.41) is 7.09. The van der Waals surface area contributed by atoms with Gasteiger partial charge in [0.2, 0.25) is 0 Å². The molecular weight excluding hydrogens is 421 g/mol. The summed E-state index contributed by atoms with van der Waals surface area (Å²) in [4.78, 5) is 0. The van der Waals surface area contributed by atoms with Gasteiger partial charge in [-0.15, -0.1) is 0 Å². The number of benzene rings is 1. The summed E-state index contributed by atoms with van der Waals surface area (Å²) in [5.74, 6) is 3.20. The quantitative estimate of drug-likeness (QED) is 0.719. The van der Waals surface area contributed by atoms with E-state index < -0.39 is 32.6 Å². The van der Waals surface area contributed by atoms with Crippen LogP contribution in [-0.4, -0.2) is 55.5 Å². The third-order valence-electron chi connectivity index (χ3n) is 4.68. The number of aromatic nitrogens is 1. The molecule has 1 aromatic carbocycles. The Kier molecular flexibility index (Phi) is 5.89. The lowest BCUT2D eigenvalue weighted by molar-refractivity contribution is -0.140. The van der Waals surface area contributed by atoms with Gasteiger partial charge in [-0.05, 0) is 61.0 Å². The normalized spacial score (nSPS) is 18.3. The monoisotopic (exact) mass is 446 g/mol. The first-order valence-electron chi connectivity index (χ1n) is 9.20. The molecule has 1 aliphatic rings. The maximum atomic E-state index is 13.2. The van der Waals surface area contributed by atoms with Crippen LogP contribution in [0.2, 0.25) is 0 Å². The fraction of sp³-hybridized carbons (Fsp3) is 0.500. The molecule has 0 spiro atoms. The SMILES string of the molecule is CS(C)(C)C#Cc1cc2c(NC3CCS(=O)(=O)CC3)cccc2n1CC(F)(F)F. The van der Waals surface area contributed by atoms with Crippen molar-refractivity contribution in [3.05, 3.63) is 30.0 Å². The third kappa shape index (κ3) is 5.86. The first-order chi connectivity index (χ1) is 13.3. The van der Waals surface area contributed by atoms with Gasteiger partial charge in [-0.25, -0.2) is 8.42 Å². The molecule has 2 heterocycles. The van der Waals surface area contributed by atoms with Crippen molar-refractivity contribution in [2.45, 2.75) is 31.6 Å². The van der Waals surface area contributed by atoms with Crippen LogP contribution < -0.4 is 5.32 Å². The number of sulfone groups is 1. The van der Waals surface area contributed by atoms with Crippen molar-refractivity contribution in [1.29, 1.82) is 0 Å². The van der Waals surface area contributed by atoms with Crippen molar-refractivity contribution >= 4 is 36.5 Å². The topological polar surface area (TPSA) is 51.1 Å². The zero-order valence-corrected chi connectivity index (χ0v) is 18.3. The van der Waals surface area contributed by atoms with Crippen LogP contribution >= 0.6 is 10.0 Å². The molecule has 0 aliphatic carbocycles. The van der Waals surface area contributed by atoms with Crippen LogP contribution in [0.25, 0.3) is 10.9 Å². The van der Waals surface area contributed by atoms with Gasteiger partial charge in [0.05, 0.1) is 22.7 Å². The molecule has 0 amide bonds. The fourth-order valence-corrected chi connectivity index (χ4v) is 5.23. The molecule has 3 rings (SSSR count). The number of alkyl halides is 3. The molecule has 1 N–H and O–H groups in total. The van der Waals surface area contributed by atoms with E-state index in [1.54, 1.807) is 18.2 Å². The maximum Gasteiger partial charge on any atom is 0.406 e. The zero-order valence-electron chi connectivity index (χ0n) is 16.6. The van der Waals surface area contributed by atoms with Crippen molar-refractivity contribution in [3.63, 3.8) is 0 Å². The Bertz CT molecular complexity index is 1060. The molecule has 0 bridgehead atoms. The molecule has 160 valence electrons. The zero-order chi connectivity index (χ0) is 21.4. The highest BCUT2D eigenvalue weighted by atomic mass is 32.3. The van der Waals surface area contributed by atoms with Gasteiger partial charge in [0.25, 0.3) is 0 Å². The number of hydrogen-bond acceptors (Lipinski definition) is 3. The molecular formula is C20H25F3N2O2S2. The van der Waals surface area contributed by atoms with Crippen LogP contribution in [-0.2, 0) is 16.4 Å². The van der Waals surface area contributed by atoms with Gasteiger partial charge in [-0.2, -0.15) is 23.2 Å². The van der Waals surface area contributed by atoms with Gasteiger partial charge in [0, 0.05) is 17.1 Å². The maximum absolute atomic E-state index is 13.2. The van der Waals surface area contributed by atoms with E-state index in [9.17, 15) is 21.6 Å². The molecule has 1 saturated heterocycles. The van der Waals surface area contributed by atoms with Crippen LogP contribution in [0.5, 0.6) is 0 Å². The standard InChI is InChI=1S/C20H25F3N2O2S2/c1-28(2,3)10-9-16-13-17-18(24-15-7-11-29(26,27)12-8-15)5-4-6-19(17)25(16)14-20(21,22)23/h4-6,13,15,24H,7-8,11-12,14H2,1-3H3. The number of halogens is 3. The van der Waals surface area contributed by atoms with Gasteiger partial charge >= 0.3 is 6.18 Å². The van der Waals surface area contributed by atoms with Crippen LogP contribution in [0, 0.1) is 11.2 Å². The number of fused-ring (bicyclic) bond motifs is 1. The number of rotatable bonds is 3. The van der Waals surface area contributed by atoms with E-state index in [0.717, 1.165) is 0 Å². The predicted molar refractivity (Wildman–Crippen MR) is 116 cm³/mol. The minimum Gasteiger partial charge on any atom is -0.382 e. The Balaban J connectivity index is 2.01. The van der Waals surface area contributed by atoms with E-state index in [0.29, 0.717) is 35.1 Å². The van der Waals surface area contributed by atoms with Gasteiger partial charge in [0.15, 0.2) is 0 Å². The lowest BCUT2D eigenvalue weighted by Gasteiger charge is -2.24. The summed E-state index contributed by atoms with van der Waals surface area (Å²) in [6.07, 6.45) is 2.57. The van der Waals surface area contributed by atoms with E-state index >= 15 is 0 Å². The second-order valence-electron chi connectivity index (χ2n) is 8.10. The highest BCUT2D eigenvalue weighted by molar-refractivity contribution is 8.35. The number of nitrogens with one attached hydrogen (secondary N) is 1. The fourth-order valence-electron chi connectivity index (χ4n) is 3.32.